The van der Waals surface area contributed by atoms with Crippen molar-refractivity contribution >= 4 is 22.8 Å². The van der Waals surface area contributed by atoms with Gasteiger partial charge in [-0.1, -0.05) is 6.08 Å². The van der Waals surface area contributed by atoms with Crippen molar-refractivity contribution in [2.45, 2.75) is 45.9 Å². The highest BCUT2D eigenvalue weighted by Gasteiger charge is 2.33. The smallest absolute Gasteiger partial charge is 0.416 e. The predicted molar refractivity (Wildman–Crippen MR) is 130 cm³/mol. The minimum absolute atomic E-state index is 0.0300. The number of methoxy groups -OCH3 is 1. The second kappa shape index (κ2) is 10.0. The Labute approximate surface area is 212 Å². The maximum atomic E-state index is 13.4. The molecule has 0 bridgehead atoms. The summed E-state index contributed by atoms with van der Waals surface area (Å²) >= 11 is 0. The number of alkyl halides is 3. The molecule has 4 rings (SSSR count). The van der Waals surface area contributed by atoms with Crippen LogP contribution >= 0.6 is 0 Å². The molecule has 8 nitrogen and oxygen atoms in total. The number of amides is 1. The Morgan fingerprint density at radius 1 is 1.16 bits per heavy atom. The van der Waals surface area contributed by atoms with Gasteiger partial charge in [-0.15, -0.1) is 10.2 Å². The number of carbonyl (C=O) groups is 1. The molecule has 0 fully saturated rings. The lowest BCUT2D eigenvalue weighted by Gasteiger charge is -2.30. The fourth-order valence-corrected chi connectivity index (χ4v) is 4.08. The van der Waals surface area contributed by atoms with Crippen molar-refractivity contribution in [3.05, 3.63) is 47.2 Å². The third-order valence-electron chi connectivity index (χ3n) is 5.68. The molecule has 2 aromatic heterocycles. The Hall–Kier alpha value is -3.60. The summed E-state index contributed by atoms with van der Waals surface area (Å²) in [7, 11) is 1.38. The van der Waals surface area contributed by atoms with Crippen LogP contribution < -0.4 is 4.74 Å². The van der Waals surface area contributed by atoms with Crippen LogP contribution in [-0.4, -0.2) is 53.8 Å². The summed E-state index contributed by atoms with van der Waals surface area (Å²) < 4.78 is 61.8. The SMILES string of the molecule is COCOc1cc(C(F)(F)F)cc(C)c1-c1cc2occ(C3=CCCN(C(=O)OC(C)(C)C)C3)c2nn1. The van der Waals surface area contributed by atoms with Gasteiger partial charge in [-0.05, 0) is 57.4 Å². The molecule has 37 heavy (non-hydrogen) atoms. The van der Waals surface area contributed by atoms with Crippen molar-refractivity contribution < 1.29 is 36.6 Å². The molecule has 1 aromatic carbocycles. The number of hydrogen-bond acceptors (Lipinski definition) is 7. The molecular weight excluding hydrogens is 491 g/mol. The summed E-state index contributed by atoms with van der Waals surface area (Å²) in [5.74, 6) is -0.0300. The second-order valence-corrected chi connectivity index (χ2v) is 9.73. The quantitative estimate of drug-likeness (QED) is 0.370. The Morgan fingerprint density at radius 2 is 1.92 bits per heavy atom. The van der Waals surface area contributed by atoms with Gasteiger partial charge in [-0.2, -0.15) is 13.2 Å². The van der Waals surface area contributed by atoms with E-state index in [0.29, 0.717) is 53.0 Å². The zero-order valence-corrected chi connectivity index (χ0v) is 21.2. The van der Waals surface area contributed by atoms with Crippen molar-refractivity contribution in [3.63, 3.8) is 0 Å². The number of ether oxygens (including phenoxy) is 3. The van der Waals surface area contributed by atoms with Gasteiger partial charge in [0.05, 0.1) is 5.56 Å². The number of rotatable bonds is 5. The lowest BCUT2D eigenvalue weighted by atomic mass is 9.99. The van der Waals surface area contributed by atoms with Crippen LogP contribution in [0.25, 0.3) is 27.9 Å². The molecular formula is C26H28F3N3O5. The van der Waals surface area contributed by atoms with Crippen LogP contribution in [0.4, 0.5) is 18.0 Å². The van der Waals surface area contributed by atoms with E-state index in [-0.39, 0.29) is 12.5 Å². The summed E-state index contributed by atoms with van der Waals surface area (Å²) in [5, 5.41) is 8.61. The number of fused-ring (bicyclic) bond motifs is 1. The van der Waals surface area contributed by atoms with Gasteiger partial charge in [0.1, 0.15) is 28.8 Å². The Bertz CT molecular complexity index is 1340. The Kier molecular flexibility index (Phi) is 7.18. The first-order valence-electron chi connectivity index (χ1n) is 11.6. The maximum absolute atomic E-state index is 13.4. The molecule has 1 aliphatic heterocycles. The predicted octanol–water partition coefficient (Wildman–Crippen LogP) is 6.22. The highest BCUT2D eigenvalue weighted by molar-refractivity contribution is 5.91. The molecule has 3 heterocycles. The van der Waals surface area contributed by atoms with Crippen molar-refractivity contribution in [3.8, 4) is 17.0 Å². The Morgan fingerprint density at radius 3 is 2.59 bits per heavy atom. The number of aryl methyl sites for hydroxylation is 1. The minimum atomic E-state index is -4.54. The third kappa shape index (κ3) is 5.87. The molecule has 0 atom stereocenters. The van der Waals surface area contributed by atoms with Crippen LogP contribution in [0, 0.1) is 6.92 Å². The summed E-state index contributed by atoms with van der Waals surface area (Å²) in [6, 6.07) is 3.56. The zero-order chi connectivity index (χ0) is 27.0. The van der Waals surface area contributed by atoms with Gasteiger partial charge in [0.2, 0.25) is 0 Å². The van der Waals surface area contributed by atoms with E-state index in [2.05, 4.69) is 10.2 Å². The van der Waals surface area contributed by atoms with Crippen LogP contribution in [0.15, 0.2) is 35.0 Å². The standard InChI is InChI=1S/C26H28F3N3O5/c1-15-9-17(26(27,28)29)10-20(36-14-34-5)22(15)19-11-21-23(31-30-19)18(13-35-21)16-7-6-8-32(12-16)24(33)37-25(2,3)4/h7,9-11,13H,6,8,12,14H2,1-5H3. The lowest BCUT2D eigenvalue weighted by molar-refractivity contribution is -0.137. The summed E-state index contributed by atoms with van der Waals surface area (Å²) in [6.45, 7) is 7.59. The number of nitrogens with zero attached hydrogens (tertiary/aromatic N) is 3. The molecule has 0 saturated carbocycles. The van der Waals surface area contributed by atoms with Gasteiger partial charge in [-0.25, -0.2) is 4.79 Å². The van der Waals surface area contributed by atoms with Crippen LogP contribution in [0.1, 0.15) is 43.9 Å². The number of aromatic nitrogens is 2. The zero-order valence-electron chi connectivity index (χ0n) is 21.2. The molecule has 0 N–H and O–H groups in total. The second-order valence-electron chi connectivity index (χ2n) is 9.73. The van der Waals surface area contributed by atoms with E-state index in [0.717, 1.165) is 17.7 Å². The van der Waals surface area contributed by atoms with Crippen molar-refractivity contribution in [2.75, 3.05) is 27.0 Å². The van der Waals surface area contributed by atoms with Gasteiger partial charge in [0.15, 0.2) is 12.4 Å². The van der Waals surface area contributed by atoms with E-state index < -0.39 is 23.4 Å². The number of carbonyl (C=O) groups excluding carboxylic acids is 1. The van der Waals surface area contributed by atoms with E-state index >= 15 is 0 Å². The maximum Gasteiger partial charge on any atom is 0.416 e. The van der Waals surface area contributed by atoms with Crippen LogP contribution in [0.5, 0.6) is 5.75 Å². The van der Waals surface area contributed by atoms with E-state index in [1.807, 2.05) is 26.8 Å². The summed E-state index contributed by atoms with van der Waals surface area (Å²) in [5.41, 5.74) is 1.90. The normalized spacial score (nSPS) is 14.6. The Balaban J connectivity index is 1.67. The van der Waals surface area contributed by atoms with Crippen molar-refractivity contribution in [1.29, 1.82) is 0 Å². The summed E-state index contributed by atoms with van der Waals surface area (Å²) in [4.78, 5) is 14.2. The number of halogens is 3. The van der Waals surface area contributed by atoms with Crippen LogP contribution in [-0.2, 0) is 15.7 Å². The number of benzene rings is 1. The largest absolute Gasteiger partial charge is 0.467 e. The lowest BCUT2D eigenvalue weighted by Crippen LogP contribution is -2.39. The van der Waals surface area contributed by atoms with Gasteiger partial charge >= 0.3 is 12.3 Å². The van der Waals surface area contributed by atoms with E-state index in [1.165, 1.54) is 13.4 Å². The average Bonchev–Trinajstić information content (AvgIpc) is 3.24. The number of hydrogen-bond donors (Lipinski definition) is 0. The van der Waals surface area contributed by atoms with Gasteiger partial charge in [0.25, 0.3) is 0 Å². The van der Waals surface area contributed by atoms with Gasteiger partial charge in [-0.3, -0.25) is 0 Å². The average molecular weight is 520 g/mol. The number of furan rings is 1. The van der Waals surface area contributed by atoms with E-state index in [4.69, 9.17) is 18.6 Å². The molecule has 0 aliphatic carbocycles. The molecule has 0 spiro atoms. The first-order chi connectivity index (χ1) is 17.4. The van der Waals surface area contributed by atoms with Crippen LogP contribution in [0.3, 0.4) is 0 Å². The fourth-order valence-electron chi connectivity index (χ4n) is 4.08. The first kappa shape index (κ1) is 26.5. The molecule has 0 radical (unpaired) electrons. The molecule has 1 aliphatic rings. The van der Waals surface area contributed by atoms with Crippen molar-refractivity contribution in [2.24, 2.45) is 0 Å². The molecule has 0 saturated heterocycles. The van der Waals surface area contributed by atoms with E-state index in [9.17, 15) is 18.0 Å². The van der Waals surface area contributed by atoms with Gasteiger partial charge in [0, 0.05) is 37.4 Å². The van der Waals surface area contributed by atoms with Gasteiger partial charge < -0.3 is 23.5 Å². The third-order valence-corrected chi connectivity index (χ3v) is 5.68. The molecule has 3 aromatic rings. The highest BCUT2D eigenvalue weighted by atomic mass is 19.4. The molecule has 1 amide bonds. The monoisotopic (exact) mass is 519 g/mol. The van der Waals surface area contributed by atoms with Crippen molar-refractivity contribution in [1.82, 2.24) is 15.1 Å². The minimum Gasteiger partial charge on any atom is -0.467 e. The van der Waals surface area contributed by atoms with E-state index in [1.54, 1.807) is 17.9 Å². The highest BCUT2D eigenvalue weighted by Crippen LogP contribution is 2.40. The van der Waals surface area contributed by atoms with Crippen LogP contribution in [0.2, 0.25) is 0 Å². The molecule has 0 unspecified atom stereocenters. The summed E-state index contributed by atoms with van der Waals surface area (Å²) in [6.07, 6.45) is -0.758. The molecule has 11 heteroatoms. The first-order valence-corrected chi connectivity index (χ1v) is 11.6. The molecule has 198 valence electrons. The fraction of sp³-hybridized carbons (Fsp3) is 0.423. The topological polar surface area (TPSA) is 86.9 Å².